The Bertz CT molecular complexity index is 409. The number of hydrogen-bond donors (Lipinski definition) is 1. The molecule has 2 rings (SSSR count). The van der Waals surface area contributed by atoms with Crippen LogP contribution in [0.25, 0.3) is 11.6 Å². The van der Waals surface area contributed by atoms with Crippen LogP contribution in [0.2, 0.25) is 0 Å². The van der Waals surface area contributed by atoms with Gasteiger partial charge in [0.05, 0.1) is 6.54 Å². The third kappa shape index (κ3) is 1.78. The molecule has 0 saturated carbocycles. The average molecular weight is 215 g/mol. The van der Waals surface area contributed by atoms with Crippen molar-refractivity contribution in [3.05, 3.63) is 24.2 Å². The average Bonchev–Trinajstić information content (AvgIpc) is 2.71. The number of rotatable bonds is 2. The van der Waals surface area contributed by atoms with E-state index >= 15 is 0 Å². The molecule has 0 aromatic carbocycles. The quantitative estimate of drug-likeness (QED) is 0.808. The number of hydrogen-bond acceptors (Lipinski definition) is 4. The smallest absolute Gasteiger partial charge is 0.264 e. The predicted molar refractivity (Wildman–Crippen MR) is 53.8 cm³/mol. The van der Waals surface area contributed by atoms with Gasteiger partial charge in [-0.15, -0.1) is 22.6 Å². The predicted octanol–water partition coefficient (Wildman–Crippen LogP) is 0.956. The summed E-state index contributed by atoms with van der Waals surface area (Å²) in [6.45, 7) is 0.275. The summed E-state index contributed by atoms with van der Waals surface area (Å²) in [4.78, 5) is 0. The van der Waals surface area contributed by atoms with E-state index in [0.717, 1.165) is 5.69 Å². The van der Waals surface area contributed by atoms with Crippen LogP contribution in [0.15, 0.2) is 22.7 Å². The Morgan fingerprint density at radius 2 is 2.29 bits per heavy atom. The topological polar surface area (TPSA) is 69.9 Å². The summed E-state index contributed by atoms with van der Waals surface area (Å²) in [6.07, 6.45) is 1.92. The van der Waals surface area contributed by atoms with Gasteiger partial charge >= 0.3 is 0 Å². The van der Waals surface area contributed by atoms with E-state index in [-0.39, 0.29) is 19.0 Å². The van der Waals surface area contributed by atoms with Gasteiger partial charge < -0.3 is 14.7 Å². The van der Waals surface area contributed by atoms with Crippen molar-refractivity contribution in [1.82, 2.24) is 14.8 Å². The van der Waals surface area contributed by atoms with E-state index in [0.29, 0.717) is 11.8 Å². The largest absolute Gasteiger partial charge is 0.418 e. The fraction of sp³-hybridized carbons (Fsp3) is 0.250. The molecule has 0 aliphatic rings. The van der Waals surface area contributed by atoms with E-state index in [2.05, 4.69) is 10.2 Å². The number of nitrogens with two attached hydrogens (primary N) is 1. The number of halogens is 1. The van der Waals surface area contributed by atoms with Crippen LogP contribution in [0.5, 0.6) is 0 Å². The second kappa shape index (κ2) is 4.26. The molecule has 0 aliphatic carbocycles. The molecule has 0 bridgehead atoms. The van der Waals surface area contributed by atoms with Gasteiger partial charge in [-0.05, 0) is 12.1 Å². The minimum absolute atomic E-state index is 0. The van der Waals surface area contributed by atoms with Gasteiger partial charge in [0.25, 0.3) is 5.89 Å². The highest BCUT2D eigenvalue weighted by Gasteiger charge is 2.08. The van der Waals surface area contributed by atoms with Crippen molar-refractivity contribution in [3.8, 4) is 11.6 Å². The lowest BCUT2D eigenvalue weighted by Crippen LogP contribution is -1.95. The lowest BCUT2D eigenvalue weighted by atomic mass is 10.4. The molecule has 2 heterocycles. The third-order valence-corrected chi connectivity index (χ3v) is 1.80. The van der Waals surface area contributed by atoms with Crippen LogP contribution in [0.3, 0.4) is 0 Å². The van der Waals surface area contributed by atoms with Crippen LogP contribution in [0.4, 0.5) is 0 Å². The van der Waals surface area contributed by atoms with E-state index < -0.39 is 0 Å². The fourth-order valence-electron chi connectivity index (χ4n) is 1.12. The van der Waals surface area contributed by atoms with Crippen LogP contribution in [0.1, 0.15) is 5.89 Å². The number of nitrogens with zero attached hydrogens (tertiary/aromatic N) is 3. The zero-order chi connectivity index (χ0) is 9.26. The van der Waals surface area contributed by atoms with Gasteiger partial charge in [0.2, 0.25) is 5.89 Å². The summed E-state index contributed by atoms with van der Waals surface area (Å²) in [5.74, 6) is 0.962. The van der Waals surface area contributed by atoms with Gasteiger partial charge in [0, 0.05) is 13.2 Å². The monoisotopic (exact) mass is 214 g/mol. The molecule has 0 spiro atoms. The summed E-state index contributed by atoms with van der Waals surface area (Å²) >= 11 is 0. The zero-order valence-electron chi connectivity index (χ0n) is 7.67. The molecule has 0 fully saturated rings. The molecule has 2 aromatic rings. The SMILES string of the molecule is Cl.Cn1cccc1-c1nnc(CN)o1. The van der Waals surface area contributed by atoms with Crippen molar-refractivity contribution in [1.29, 1.82) is 0 Å². The first-order valence-electron chi connectivity index (χ1n) is 3.95. The maximum Gasteiger partial charge on any atom is 0.264 e. The zero-order valence-corrected chi connectivity index (χ0v) is 8.49. The maximum absolute atomic E-state index is 5.35. The molecule has 14 heavy (non-hydrogen) atoms. The summed E-state index contributed by atoms with van der Waals surface area (Å²) in [5.41, 5.74) is 6.25. The molecule has 0 radical (unpaired) electrons. The van der Waals surface area contributed by atoms with Crippen LogP contribution < -0.4 is 5.73 Å². The number of aromatic nitrogens is 3. The fourth-order valence-corrected chi connectivity index (χ4v) is 1.12. The molecule has 2 aromatic heterocycles. The third-order valence-electron chi connectivity index (χ3n) is 1.80. The maximum atomic E-state index is 5.35. The Morgan fingerprint density at radius 3 is 2.79 bits per heavy atom. The standard InChI is InChI=1S/C8H10N4O.ClH/c1-12-4-2-3-6(12)8-11-10-7(5-9)13-8;/h2-4H,5,9H2,1H3;1H. The minimum Gasteiger partial charge on any atom is -0.418 e. The summed E-state index contributed by atoms with van der Waals surface area (Å²) < 4.78 is 7.20. The molecule has 5 nitrogen and oxygen atoms in total. The molecule has 0 amide bonds. The van der Waals surface area contributed by atoms with Gasteiger partial charge in [-0.2, -0.15) is 0 Å². The molecule has 6 heteroatoms. The Balaban J connectivity index is 0.000000980. The second-order valence-corrected chi connectivity index (χ2v) is 2.71. The molecule has 2 N–H and O–H groups in total. The molecule has 76 valence electrons. The van der Waals surface area contributed by atoms with Gasteiger partial charge in [0.1, 0.15) is 5.69 Å². The second-order valence-electron chi connectivity index (χ2n) is 2.71. The summed E-state index contributed by atoms with van der Waals surface area (Å²) in [5, 5.41) is 7.65. The van der Waals surface area contributed by atoms with E-state index in [4.69, 9.17) is 10.2 Å². The first-order valence-corrected chi connectivity index (χ1v) is 3.95. The molecular formula is C8H11ClN4O. The van der Waals surface area contributed by atoms with Gasteiger partial charge in [-0.3, -0.25) is 0 Å². The van der Waals surface area contributed by atoms with Crippen molar-refractivity contribution in [2.24, 2.45) is 12.8 Å². The normalized spacial score (nSPS) is 9.86. The van der Waals surface area contributed by atoms with Crippen molar-refractivity contribution < 1.29 is 4.42 Å². The van der Waals surface area contributed by atoms with Crippen molar-refractivity contribution >= 4 is 12.4 Å². The Kier molecular flexibility index (Phi) is 3.27. The Labute approximate surface area is 87.3 Å². The lowest BCUT2D eigenvalue weighted by Gasteiger charge is -1.95. The molecule has 0 aliphatic heterocycles. The Hall–Kier alpha value is -1.33. The van der Waals surface area contributed by atoms with Crippen LogP contribution in [-0.4, -0.2) is 14.8 Å². The van der Waals surface area contributed by atoms with Gasteiger partial charge in [0.15, 0.2) is 0 Å². The molecular weight excluding hydrogens is 204 g/mol. The van der Waals surface area contributed by atoms with Crippen molar-refractivity contribution in [3.63, 3.8) is 0 Å². The van der Waals surface area contributed by atoms with Gasteiger partial charge in [-0.25, -0.2) is 0 Å². The first-order chi connectivity index (χ1) is 6.31. The summed E-state index contributed by atoms with van der Waals surface area (Å²) in [6, 6.07) is 3.83. The van der Waals surface area contributed by atoms with E-state index in [9.17, 15) is 0 Å². The highest BCUT2D eigenvalue weighted by atomic mass is 35.5. The van der Waals surface area contributed by atoms with E-state index in [1.54, 1.807) is 0 Å². The summed E-state index contributed by atoms with van der Waals surface area (Å²) in [7, 11) is 1.92. The van der Waals surface area contributed by atoms with Crippen LogP contribution in [-0.2, 0) is 13.6 Å². The van der Waals surface area contributed by atoms with Crippen LogP contribution >= 0.6 is 12.4 Å². The molecule has 0 saturated heterocycles. The first kappa shape index (κ1) is 10.7. The lowest BCUT2D eigenvalue weighted by molar-refractivity contribution is 0.505. The van der Waals surface area contributed by atoms with E-state index in [1.807, 2.05) is 29.9 Å². The van der Waals surface area contributed by atoms with Gasteiger partial charge in [-0.1, -0.05) is 0 Å². The van der Waals surface area contributed by atoms with Crippen molar-refractivity contribution in [2.45, 2.75) is 6.54 Å². The van der Waals surface area contributed by atoms with Crippen LogP contribution in [0, 0.1) is 0 Å². The number of aryl methyl sites for hydroxylation is 1. The Morgan fingerprint density at radius 1 is 1.50 bits per heavy atom. The van der Waals surface area contributed by atoms with Crippen molar-refractivity contribution in [2.75, 3.05) is 0 Å². The van der Waals surface area contributed by atoms with E-state index in [1.165, 1.54) is 0 Å². The molecule has 0 atom stereocenters. The minimum atomic E-state index is 0. The molecule has 0 unspecified atom stereocenters. The highest BCUT2D eigenvalue weighted by Crippen LogP contribution is 2.16. The highest BCUT2D eigenvalue weighted by molar-refractivity contribution is 5.85.